The van der Waals surface area contributed by atoms with Gasteiger partial charge in [0.2, 0.25) is 5.91 Å². The number of hydrogen-bond donors (Lipinski definition) is 1. The SMILES string of the molecule is CCCC(NCC)c1ccn(CC(=O)N(C)C(C)C)c1. The monoisotopic (exact) mass is 279 g/mol. The third kappa shape index (κ3) is 4.67. The number of aromatic nitrogens is 1. The molecular weight excluding hydrogens is 250 g/mol. The highest BCUT2D eigenvalue weighted by Gasteiger charge is 2.14. The van der Waals surface area contributed by atoms with E-state index in [1.165, 1.54) is 5.56 Å². The predicted molar refractivity (Wildman–Crippen MR) is 83.7 cm³/mol. The van der Waals surface area contributed by atoms with Crippen LogP contribution in [0.1, 0.15) is 52.1 Å². The van der Waals surface area contributed by atoms with E-state index in [0.29, 0.717) is 12.6 Å². The van der Waals surface area contributed by atoms with Crippen molar-refractivity contribution in [3.05, 3.63) is 24.0 Å². The van der Waals surface area contributed by atoms with Crippen molar-refractivity contribution in [2.75, 3.05) is 13.6 Å². The van der Waals surface area contributed by atoms with Crippen LogP contribution in [0, 0.1) is 0 Å². The van der Waals surface area contributed by atoms with Gasteiger partial charge in [-0.25, -0.2) is 0 Å². The minimum absolute atomic E-state index is 0.151. The third-order valence-electron chi connectivity index (χ3n) is 3.69. The van der Waals surface area contributed by atoms with E-state index in [9.17, 15) is 4.79 Å². The fraction of sp³-hybridized carbons (Fsp3) is 0.688. The fourth-order valence-corrected chi connectivity index (χ4v) is 2.24. The quantitative estimate of drug-likeness (QED) is 0.794. The van der Waals surface area contributed by atoms with E-state index in [1.54, 1.807) is 4.90 Å². The normalized spacial score (nSPS) is 12.7. The van der Waals surface area contributed by atoms with Gasteiger partial charge in [-0.1, -0.05) is 20.3 Å². The first-order valence-electron chi connectivity index (χ1n) is 7.64. The highest BCUT2D eigenvalue weighted by Crippen LogP contribution is 2.18. The molecule has 1 unspecified atom stereocenters. The maximum Gasteiger partial charge on any atom is 0.242 e. The van der Waals surface area contributed by atoms with Crippen molar-refractivity contribution in [2.45, 2.75) is 59.2 Å². The number of nitrogens with one attached hydrogen (secondary N) is 1. The Morgan fingerprint density at radius 2 is 2.10 bits per heavy atom. The Kier molecular flexibility index (Phi) is 6.79. The lowest BCUT2D eigenvalue weighted by molar-refractivity contribution is -0.131. The second-order valence-electron chi connectivity index (χ2n) is 5.61. The molecule has 0 radical (unpaired) electrons. The Balaban J connectivity index is 2.68. The van der Waals surface area contributed by atoms with Crippen molar-refractivity contribution < 1.29 is 4.79 Å². The zero-order valence-electron chi connectivity index (χ0n) is 13.5. The van der Waals surface area contributed by atoms with Crippen LogP contribution in [0.15, 0.2) is 18.5 Å². The van der Waals surface area contributed by atoms with Crippen LogP contribution in [0.3, 0.4) is 0 Å². The summed E-state index contributed by atoms with van der Waals surface area (Å²) in [6.07, 6.45) is 6.37. The van der Waals surface area contributed by atoms with Crippen LogP contribution in [0.2, 0.25) is 0 Å². The molecule has 0 spiro atoms. The van der Waals surface area contributed by atoms with Crippen molar-refractivity contribution in [2.24, 2.45) is 0 Å². The maximum atomic E-state index is 12.1. The summed E-state index contributed by atoms with van der Waals surface area (Å²) in [5, 5.41) is 3.50. The molecule has 1 aromatic heterocycles. The van der Waals surface area contributed by atoms with Crippen molar-refractivity contribution in [3.8, 4) is 0 Å². The number of amides is 1. The smallest absolute Gasteiger partial charge is 0.242 e. The van der Waals surface area contributed by atoms with Gasteiger partial charge in [-0.2, -0.15) is 0 Å². The molecule has 1 amide bonds. The van der Waals surface area contributed by atoms with E-state index in [0.717, 1.165) is 19.4 Å². The molecule has 1 heterocycles. The lowest BCUT2D eigenvalue weighted by Gasteiger charge is -2.21. The van der Waals surface area contributed by atoms with Gasteiger partial charge in [0.1, 0.15) is 6.54 Å². The molecule has 1 aromatic rings. The molecule has 114 valence electrons. The second kappa shape index (κ2) is 8.10. The van der Waals surface area contributed by atoms with Gasteiger partial charge in [0, 0.05) is 31.5 Å². The van der Waals surface area contributed by atoms with Gasteiger partial charge < -0.3 is 14.8 Å². The summed E-state index contributed by atoms with van der Waals surface area (Å²) >= 11 is 0. The molecular formula is C16H29N3O. The zero-order chi connectivity index (χ0) is 15.1. The van der Waals surface area contributed by atoms with E-state index in [2.05, 4.69) is 31.4 Å². The molecule has 1 rings (SSSR count). The summed E-state index contributed by atoms with van der Waals surface area (Å²) in [5.41, 5.74) is 1.27. The van der Waals surface area contributed by atoms with E-state index in [4.69, 9.17) is 0 Å². The van der Waals surface area contributed by atoms with Crippen LogP contribution < -0.4 is 5.32 Å². The molecule has 0 aliphatic heterocycles. The first-order chi connectivity index (χ1) is 9.49. The van der Waals surface area contributed by atoms with Crippen LogP contribution in [0.4, 0.5) is 0 Å². The fourth-order valence-electron chi connectivity index (χ4n) is 2.24. The van der Waals surface area contributed by atoms with E-state index in [-0.39, 0.29) is 11.9 Å². The number of carbonyl (C=O) groups excluding carboxylic acids is 1. The molecule has 0 fully saturated rings. The second-order valence-corrected chi connectivity index (χ2v) is 5.61. The zero-order valence-corrected chi connectivity index (χ0v) is 13.5. The average Bonchev–Trinajstić information content (AvgIpc) is 2.85. The number of carbonyl (C=O) groups is 1. The lowest BCUT2D eigenvalue weighted by atomic mass is 10.1. The first-order valence-corrected chi connectivity index (χ1v) is 7.64. The van der Waals surface area contributed by atoms with Gasteiger partial charge in [0.05, 0.1) is 0 Å². The number of rotatable bonds is 8. The molecule has 0 aliphatic rings. The Morgan fingerprint density at radius 1 is 1.40 bits per heavy atom. The molecule has 0 bridgehead atoms. The van der Waals surface area contributed by atoms with Crippen LogP contribution in [0.25, 0.3) is 0 Å². The molecule has 20 heavy (non-hydrogen) atoms. The number of hydrogen-bond acceptors (Lipinski definition) is 2. The maximum absolute atomic E-state index is 12.1. The number of likely N-dealkylation sites (N-methyl/N-ethyl adjacent to an activating group) is 1. The Hall–Kier alpha value is -1.29. The summed E-state index contributed by atoms with van der Waals surface area (Å²) < 4.78 is 1.98. The molecule has 0 saturated heterocycles. The van der Waals surface area contributed by atoms with Gasteiger partial charge in [-0.05, 0) is 38.4 Å². The highest BCUT2D eigenvalue weighted by atomic mass is 16.2. The molecule has 0 saturated carbocycles. The Labute approximate surface area is 123 Å². The van der Waals surface area contributed by atoms with Gasteiger partial charge >= 0.3 is 0 Å². The van der Waals surface area contributed by atoms with Crippen molar-refractivity contribution in [3.63, 3.8) is 0 Å². The minimum Gasteiger partial charge on any atom is -0.345 e. The topological polar surface area (TPSA) is 37.3 Å². The van der Waals surface area contributed by atoms with Crippen molar-refractivity contribution in [1.29, 1.82) is 0 Å². The minimum atomic E-state index is 0.151. The molecule has 0 aromatic carbocycles. The molecule has 4 nitrogen and oxygen atoms in total. The van der Waals surface area contributed by atoms with Crippen LogP contribution in [0.5, 0.6) is 0 Å². The van der Waals surface area contributed by atoms with E-state index >= 15 is 0 Å². The van der Waals surface area contributed by atoms with Gasteiger partial charge in [-0.3, -0.25) is 4.79 Å². The summed E-state index contributed by atoms with van der Waals surface area (Å²) in [4.78, 5) is 13.9. The van der Waals surface area contributed by atoms with Gasteiger partial charge in [0.25, 0.3) is 0 Å². The molecule has 1 N–H and O–H groups in total. The van der Waals surface area contributed by atoms with Gasteiger partial charge in [-0.15, -0.1) is 0 Å². The highest BCUT2D eigenvalue weighted by molar-refractivity contribution is 5.76. The van der Waals surface area contributed by atoms with Crippen LogP contribution in [-0.2, 0) is 11.3 Å². The third-order valence-corrected chi connectivity index (χ3v) is 3.69. The van der Waals surface area contributed by atoms with Crippen LogP contribution in [-0.4, -0.2) is 35.0 Å². The molecule has 0 aliphatic carbocycles. The van der Waals surface area contributed by atoms with Crippen LogP contribution >= 0.6 is 0 Å². The van der Waals surface area contributed by atoms with Gasteiger partial charge in [0.15, 0.2) is 0 Å². The van der Waals surface area contributed by atoms with Crippen molar-refractivity contribution >= 4 is 5.91 Å². The summed E-state index contributed by atoms with van der Waals surface area (Å²) in [6.45, 7) is 9.76. The Bertz CT molecular complexity index is 406. The molecule has 1 atom stereocenters. The predicted octanol–water partition coefficient (Wildman–Crippen LogP) is 2.81. The largest absolute Gasteiger partial charge is 0.345 e. The van der Waals surface area contributed by atoms with E-state index in [1.807, 2.05) is 31.7 Å². The lowest BCUT2D eigenvalue weighted by Crippen LogP contribution is -2.35. The number of nitrogens with zero attached hydrogens (tertiary/aromatic N) is 2. The standard InChI is InChI=1S/C16H29N3O/c1-6-8-15(17-7-2)14-9-10-19(11-14)12-16(20)18(5)13(3)4/h9-11,13,15,17H,6-8,12H2,1-5H3. The first kappa shape index (κ1) is 16.8. The summed E-state index contributed by atoms with van der Waals surface area (Å²) in [7, 11) is 1.86. The summed E-state index contributed by atoms with van der Waals surface area (Å²) in [6, 6.07) is 2.75. The van der Waals surface area contributed by atoms with E-state index < -0.39 is 0 Å². The average molecular weight is 279 g/mol. The summed E-state index contributed by atoms with van der Waals surface area (Å²) in [5.74, 6) is 0.151. The van der Waals surface area contributed by atoms with Crippen molar-refractivity contribution in [1.82, 2.24) is 14.8 Å². The molecule has 4 heteroatoms. The Morgan fingerprint density at radius 3 is 2.65 bits per heavy atom.